The van der Waals surface area contributed by atoms with Crippen LogP contribution in [0, 0.1) is 0 Å². The predicted molar refractivity (Wildman–Crippen MR) is 93.0 cm³/mol. The summed E-state index contributed by atoms with van der Waals surface area (Å²) in [7, 11) is 0. The van der Waals surface area contributed by atoms with E-state index in [1.807, 2.05) is 13.0 Å². The van der Waals surface area contributed by atoms with E-state index in [2.05, 4.69) is 0 Å². The highest BCUT2D eigenvalue weighted by Gasteiger charge is 2.35. The number of hydrogen-bond donors (Lipinski definition) is 0. The minimum Gasteiger partial charge on any atom is -0.294 e. The first kappa shape index (κ1) is 16.1. The first-order valence-electron chi connectivity index (χ1n) is 8.16. The minimum atomic E-state index is -0.342. The minimum absolute atomic E-state index is 0.0401. The number of Topliss-reactive ketones (excluding diaryl/α,β-unsaturated/α-hetero) is 3. The smallest absolute Gasteiger partial charge is 0.198 e. The fraction of sp³-hybridized carbons (Fsp3) is 0.190. The van der Waals surface area contributed by atoms with E-state index in [0.717, 1.165) is 6.42 Å². The molecule has 0 N–H and O–H groups in total. The van der Waals surface area contributed by atoms with Gasteiger partial charge in [0.2, 0.25) is 0 Å². The van der Waals surface area contributed by atoms with Crippen molar-refractivity contribution in [1.82, 2.24) is 0 Å². The molecule has 24 heavy (non-hydrogen) atoms. The van der Waals surface area contributed by atoms with Crippen LogP contribution in [0.2, 0.25) is 0 Å². The van der Waals surface area contributed by atoms with Crippen molar-refractivity contribution in [2.24, 2.45) is 0 Å². The first-order valence-corrected chi connectivity index (χ1v) is 8.16. The SMILES string of the molecule is CCCCC(=O)C1=C(c2ccccc2)C(=O)c2ccccc2C1=O. The van der Waals surface area contributed by atoms with E-state index in [1.54, 1.807) is 48.5 Å². The molecule has 1 aliphatic carbocycles. The van der Waals surface area contributed by atoms with Crippen molar-refractivity contribution in [3.8, 4) is 0 Å². The zero-order chi connectivity index (χ0) is 17.1. The Bertz CT molecular complexity index is 844. The maximum Gasteiger partial charge on any atom is 0.198 e. The lowest BCUT2D eigenvalue weighted by molar-refractivity contribution is -0.115. The predicted octanol–water partition coefficient (Wildman–Crippen LogP) is 4.28. The molecule has 0 fully saturated rings. The molecule has 0 saturated heterocycles. The third kappa shape index (κ3) is 2.73. The normalized spacial score (nSPS) is 13.9. The number of benzene rings is 2. The van der Waals surface area contributed by atoms with Gasteiger partial charge >= 0.3 is 0 Å². The average Bonchev–Trinajstić information content (AvgIpc) is 2.63. The van der Waals surface area contributed by atoms with Gasteiger partial charge in [-0.15, -0.1) is 0 Å². The number of ketones is 3. The van der Waals surface area contributed by atoms with Crippen molar-refractivity contribution in [3.05, 3.63) is 76.9 Å². The van der Waals surface area contributed by atoms with Gasteiger partial charge in [0.15, 0.2) is 17.3 Å². The number of allylic oxidation sites excluding steroid dienone is 2. The van der Waals surface area contributed by atoms with Gasteiger partial charge in [-0.05, 0) is 12.0 Å². The van der Waals surface area contributed by atoms with Gasteiger partial charge in [-0.25, -0.2) is 0 Å². The van der Waals surface area contributed by atoms with Crippen molar-refractivity contribution in [3.63, 3.8) is 0 Å². The summed E-state index contributed by atoms with van der Waals surface area (Å²) in [6, 6.07) is 15.7. The number of fused-ring (bicyclic) bond motifs is 1. The maximum absolute atomic E-state index is 13.0. The molecule has 0 atom stereocenters. The molecule has 2 aromatic carbocycles. The Morgan fingerprint density at radius 1 is 0.833 bits per heavy atom. The second-order valence-corrected chi connectivity index (χ2v) is 5.85. The fourth-order valence-corrected chi connectivity index (χ4v) is 2.98. The highest BCUT2D eigenvalue weighted by atomic mass is 16.2. The van der Waals surface area contributed by atoms with Crippen LogP contribution in [-0.2, 0) is 4.79 Å². The standard InChI is InChI=1S/C21H18O3/c1-2-3-13-17(22)19-18(14-9-5-4-6-10-14)20(23)15-11-7-8-12-16(15)21(19)24/h4-12H,2-3,13H2,1H3. The van der Waals surface area contributed by atoms with E-state index in [4.69, 9.17) is 0 Å². The molecule has 3 rings (SSSR count). The molecular formula is C21H18O3. The Morgan fingerprint density at radius 2 is 1.42 bits per heavy atom. The largest absolute Gasteiger partial charge is 0.294 e. The molecule has 0 bridgehead atoms. The van der Waals surface area contributed by atoms with Crippen molar-refractivity contribution in [2.75, 3.05) is 0 Å². The number of carbonyl (C=O) groups is 3. The fourth-order valence-electron chi connectivity index (χ4n) is 2.98. The van der Waals surface area contributed by atoms with Gasteiger partial charge in [0.1, 0.15) is 0 Å². The summed E-state index contributed by atoms with van der Waals surface area (Å²) in [4.78, 5) is 38.6. The molecule has 1 aliphatic rings. The molecule has 120 valence electrons. The lowest BCUT2D eigenvalue weighted by atomic mass is 9.79. The Hall–Kier alpha value is -2.81. The zero-order valence-electron chi connectivity index (χ0n) is 13.5. The van der Waals surface area contributed by atoms with Crippen LogP contribution in [0.3, 0.4) is 0 Å². The molecule has 0 aliphatic heterocycles. The van der Waals surface area contributed by atoms with Gasteiger partial charge in [0, 0.05) is 23.1 Å². The summed E-state index contributed by atoms with van der Waals surface area (Å²) in [5, 5.41) is 0. The van der Waals surface area contributed by atoms with E-state index >= 15 is 0 Å². The van der Waals surface area contributed by atoms with Crippen molar-refractivity contribution in [1.29, 1.82) is 0 Å². The Morgan fingerprint density at radius 3 is 2.04 bits per heavy atom. The van der Waals surface area contributed by atoms with E-state index in [-0.39, 0.29) is 34.9 Å². The average molecular weight is 318 g/mol. The van der Waals surface area contributed by atoms with Crippen LogP contribution in [0.4, 0.5) is 0 Å². The molecule has 3 nitrogen and oxygen atoms in total. The highest BCUT2D eigenvalue weighted by molar-refractivity contribution is 6.47. The van der Waals surface area contributed by atoms with E-state index in [1.165, 1.54) is 0 Å². The summed E-state index contributed by atoms with van der Waals surface area (Å²) in [5.74, 6) is -0.843. The van der Waals surface area contributed by atoms with E-state index < -0.39 is 0 Å². The lowest BCUT2D eigenvalue weighted by Gasteiger charge is -2.20. The summed E-state index contributed by atoms with van der Waals surface area (Å²) in [6.45, 7) is 1.99. The van der Waals surface area contributed by atoms with Crippen LogP contribution < -0.4 is 0 Å². The van der Waals surface area contributed by atoms with Gasteiger partial charge in [0.25, 0.3) is 0 Å². The molecule has 0 aromatic heterocycles. The molecule has 0 amide bonds. The number of unbranched alkanes of at least 4 members (excludes halogenated alkanes) is 1. The molecular weight excluding hydrogens is 300 g/mol. The molecule has 0 spiro atoms. The maximum atomic E-state index is 13.0. The van der Waals surface area contributed by atoms with Gasteiger partial charge < -0.3 is 0 Å². The van der Waals surface area contributed by atoms with Gasteiger partial charge in [-0.3, -0.25) is 14.4 Å². The molecule has 0 unspecified atom stereocenters. The molecule has 0 radical (unpaired) electrons. The van der Waals surface area contributed by atoms with Crippen molar-refractivity contribution in [2.45, 2.75) is 26.2 Å². The molecule has 3 heteroatoms. The Kier molecular flexibility index (Phi) is 4.52. The highest BCUT2D eigenvalue weighted by Crippen LogP contribution is 2.33. The van der Waals surface area contributed by atoms with Crippen LogP contribution in [0.15, 0.2) is 60.2 Å². The molecule has 0 saturated carbocycles. The zero-order valence-corrected chi connectivity index (χ0v) is 13.5. The van der Waals surface area contributed by atoms with Crippen molar-refractivity contribution < 1.29 is 14.4 Å². The van der Waals surface area contributed by atoms with E-state index in [9.17, 15) is 14.4 Å². The number of rotatable bonds is 5. The summed E-state index contributed by atoms with van der Waals surface area (Å²) >= 11 is 0. The monoisotopic (exact) mass is 318 g/mol. The van der Waals surface area contributed by atoms with Crippen LogP contribution in [0.5, 0.6) is 0 Å². The summed E-state index contributed by atoms with van der Waals surface area (Å²) in [5.41, 5.74) is 1.58. The van der Waals surface area contributed by atoms with Crippen LogP contribution in [0.25, 0.3) is 5.57 Å². The summed E-state index contributed by atoms with van der Waals surface area (Å²) < 4.78 is 0. The number of hydrogen-bond acceptors (Lipinski definition) is 3. The number of carbonyl (C=O) groups excluding carboxylic acids is 3. The third-order valence-electron chi connectivity index (χ3n) is 4.22. The van der Waals surface area contributed by atoms with Gasteiger partial charge in [0.05, 0.1) is 5.57 Å². The van der Waals surface area contributed by atoms with Crippen molar-refractivity contribution >= 4 is 22.9 Å². The van der Waals surface area contributed by atoms with Crippen LogP contribution in [-0.4, -0.2) is 17.3 Å². The quantitative estimate of drug-likeness (QED) is 0.773. The molecule has 2 aromatic rings. The second-order valence-electron chi connectivity index (χ2n) is 5.85. The Labute approximate surface area is 141 Å². The van der Waals surface area contributed by atoms with Crippen LogP contribution in [0.1, 0.15) is 52.5 Å². The van der Waals surface area contributed by atoms with Gasteiger partial charge in [-0.1, -0.05) is 67.9 Å². The van der Waals surface area contributed by atoms with E-state index in [0.29, 0.717) is 23.1 Å². The lowest BCUT2D eigenvalue weighted by Crippen LogP contribution is -2.26. The Balaban J connectivity index is 2.21. The molecule has 0 heterocycles. The summed E-state index contributed by atoms with van der Waals surface area (Å²) in [6.07, 6.45) is 1.84. The van der Waals surface area contributed by atoms with Crippen LogP contribution >= 0.6 is 0 Å². The topological polar surface area (TPSA) is 51.2 Å². The first-order chi connectivity index (χ1) is 11.6. The second kappa shape index (κ2) is 6.75. The third-order valence-corrected chi connectivity index (χ3v) is 4.22. The van der Waals surface area contributed by atoms with Gasteiger partial charge in [-0.2, -0.15) is 0 Å².